The second kappa shape index (κ2) is 6.32. The maximum Gasteiger partial charge on any atom is 0.255 e. The molecule has 2 heterocycles. The first-order chi connectivity index (χ1) is 9.52. The molecule has 0 atom stereocenters. The molecule has 0 spiro atoms. The van der Waals surface area contributed by atoms with Crippen molar-refractivity contribution >= 4 is 15.9 Å². The van der Waals surface area contributed by atoms with E-state index in [1.165, 1.54) is 0 Å². The third-order valence-electron chi connectivity index (χ3n) is 3.42. The van der Waals surface area contributed by atoms with Gasteiger partial charge in [-0.3, -0.25) is 9.78 Å². The number of piperidine rings is 1. The highest BCUT2D eigenvalue weighted by atomic mass is 32.2. The molecular formula is C13H19N3O3S. The van der Waals surface area contributed by atoms with E-state index in [0.717, 1.165) is 0 Å². The van der Waals surface area contributed by atoms with Gasteiger partial charge < -0.3 is 4.90 Å². The molecule has 1 fully saturated rings. The first kappa shape index (κ1) is 14.9. The number of likely N-dealkylation sites (tertiary alicyclic amines) is 1. The third kappa shape index (κ3) is 3.77. The van der Waals surface area contributed by atoms with Gasteiger partial charge in [0.2, 0.25) is 10.0 Å². The van der Waals surface area contributed by atoms with Crippen molar-refractivity contribution in [3.63, 3.8) is 0 Å². The first-order valence-corrected chi connectivity index (χ1v) is 8.36. The Labute approximate surface area is 119 Å². The highest BCUT2D eigenvalue weighted by molar-refractivity contribution is 7.89. The van der Waals surface area contributed by atoms with Gasteiger partial charge in [0.25, 0.3) is 5.91 Å². The molecule has 1 aliphatic heterocycles. The molecule has 110 valence electrons. The number of carbonyl (C=O) groups is 1. The van der Waals surface area contributed by atoms with Crippen LogP contribution < -0.4 is 4.72 Å². The summed E-state index contributed by atoms with van der Waals surface area (Å²) in [6.07, 6.45) is 4.47. The Morgan fingerprint density at radius 2 is 2.15 bits per heavy atom. The minimum Gasteiger partial charge on any atom is -0.338 e. The van der Waals surface area contributed by atoms with E-state index in [0.29, 0.717) is 31.5 Å². The van der Waals surface area contributed by atoms with E-state index in [-0.39, 0.29) is 17.7 Å². The highest BCUT2D eigenvalue weighted by Gasteiger charge is 2.25. The molecule has 0 saturated carbocycles. The topological polar surface area (TPSA) is 79.4 Å². The number of carbonyl (C=O) groups excluding carboxylic acids is 1. The average molecular weight is 297 g/mol. The van der Waals surface area contributed by atoms with E-state index < -0.39 is 10.0 Å². The molecule has 0 bridgehead atoms. The fourth-order valence-corrected chi connectivity index (χ4v) is 3.12. The van der Waals surface area contributed by atoms with Gasteiger partial charge in [-0.1, -0.05) is 0 Å². The normalized spacial score (nSPS) is 17.1. The van der Waals surface area contributed by atoms with E-state index in [2.05, 4.69) is 9.71 Å². The van der Waals surface area contributed by atoms with Gasteiger partial charge in [-0.25, -0.2) is 13.1 Å². The molecule has 1 saturated heterocycles. The van der Waals surface area contributed by atoms with Gasteiger partial charge >= 0.3 is 0 Å². The molecule has 1 amide bonds. The summed E-state index contributed by atoms with van der Waals surface area (Å²) in [5.41, 5.74) is 0.570. The molecule has 1 aliphatic rings. The second-order valence-corrected chi connectivity index (χ2v) is 6.87. The van der Waals surface area contributed by atoms with Crippen molar-refractivity contribution < 1.29 is 13.2 Å². The number of amides is 1. The number of nitrogens with zero attached hydrogens (tertiary/aromatic N) is 2. The van der Waals surface area contributed by atoms with Crippen LogP contribution in [0.25, 0.3) is 0 Å². The minimum absolute atomic E-state index is 0.0464. The SMILES string of the molecule is CCS(=O)(=O)NC1CCN(C(=O)c2cccnc2)CC1. The average Bonchev–Trinajstić information content (AvgIpc) is 2.48. The van der Waals surface area contributed by atoms with Gasteiger partial charge in [-0.05, 0) is 31.9 Å². The Morgan fingerprint density at radius 3 is 2.70 bits per heavy atom. The van der Waals surface area contributed by atoms with E-state index in [9.17, 15) is 13.2 Å². The summed E-state index contributed by atoms with van der Waals surface area (Å²) in [5, 5.41) is 0. The predicted molar refractivity (Wildman–Crippen MR) is 75.8 cm³/mol. The quantitative estimate of drug-likeness (QED) is 0.884. The molecule has 1 N–H and O–H groups in total. The van der Waals surface area contributed by atoms with Crippen molar-refractivity contribution in [1.82, 2.24) is 14.6 Å². The number of nitrogens with one attached hydrogen (secondary N) is 1. The van der Waals surface area contributed by atoms with Crippen molar-refractivity contribution in [2.45, 2.75) is 25.8 Å². The van der Waals surface area contributed by atoms with E-state index in [4.69, 9.17) is 0 Å². The second-order valence-electron chi connectivity index (χ2n) is 4.83. The fourth-order valence-electron chi connectivity index (χ4n) is 2.21. The van der Waals surface area contributed by atoms with Gasteiger partial charge in [0.05, 0.1) is 11.3 Å². The lowest BCUT2D eigenvalue weighted by molar-refractivity contribution is 0.0711. The van der Waals surface area contributed by atoms with Crippen LogP contribution in [-0.4, -0.2) is 49.1 Å². The molecule has 2 rings (SSSR count). The standard InChI is InChI=1S/C13H19N3O3S/c1-2-20(18,19)15-12-5-8-16(9-6-12)13(17)11-4-3-7-14-10-11/h3-4,7,10,12,15H,2,5-6,8-9H2,1H3. The smallest absolute Gasteiger partial charge is 0.255 e. The molecule has 0 unspecified atom stereocenters. The van der Waals surface area contributed by atoms with Crippen LogP contribution in [0.1, 0.15) is 30.1 Å². The number of hydrogen-bond donors (Lipinski definition) is 1. The number of pyridine rings is 1. The summed E-state index contributed by atoms with van der Waals surface area (Å²) in [6.45, 7) is 2.73. The van der Waals surface area contributed by atoms with Gasteiger partial charge in [0.15, 0.2) is 0 Å². The third-order valence-corrected chi connectivity index (χ3v) is 4.87. The zero-order valence-electron chi connectivity index (χ0n) is 11.4. The van der Waals surface area contributed by atoms with Crippen molar-refractivity contribution in [2.24, 2.45) is 0 Å². The lowest BCUT2D eigenvalue weighted by Gasteiger charge is -2.32. The Hall–Kier alpha value is -1.47. The molecular weight excluding hydrogens is 278 g/mol. The number of rotatable bonds is 4. The van der Waals surface area contributed by atoms with Crippen LogP contribution in [0.4, 0.5) is 0 Å². The Bertz CT molecular complexity index is 551. The highest BCUT2D eigenvalue weighted by Crippen LogP contribution is 2.14. The number of hydrogen-bond acceptors (Lipinski definition) is 4. The van der Waals surface area contributed by atoms with Gasteiger partial charge in [0.1, 0.15) is 0 Å². The summed E-state index contributed by atoms with van der Waals surface area (Å²) >= 11 is 0. The lowest BCUT2D eigenvalue weighted by Crippen LogP contribution is -2.46. The van der Waals surface area contributed by atoms with Crippen LogP contribution in [0.15, 0.2) is 24.5 Å². The first-order valence-electron chi connectivity index (χ1n) is 6.71. The van der Waals surface area contributed by atoms with Crippen molar-refractivity contribution in [3.05, 3.63) is 30.1 Å². The monoisotopic (exact) mass is 297 g/mol. The zero-order chi connectivity index (χ0) is 14.6. The fraction of sp³-hybridized carbons (Fsp3) is 0.538. The van der Waals surface area contributed by atoms with Gasteiger partial charge in [-0.2, -0.15) is 0 Å². The molecule has 6 nitrogen and oxygen atoms in total. The van der Waals surface area contributed by atoms with E-state index >= 15 is 0 Å². The van der Waals surface area contributed by atoms with Crippen LogP contribution in [0.3, 0.4) is 0 Å². The summed E-state index contributed by atoms with van der Waals surface area (Å²) in [5.74, 6) is 0.0388. The van der Waals surface area contributed by atoms with Crippen molar-refractivity contribution in [1.29, 1.82) is 0 Å². The molecule has 1 aromatic rings. The maximum absolute atomic E-state index is 12.2. The van der Waals surface area contributed by atoms with Crippen LogP contribution in [0.5, 0.6) is 0 Å². The Morgan fingerprint density at radius 1 is 1.45 bits per heavy atom. The van der Waals surface area contributed by atoms with Crippen molar-refractivity contribution in [3.8, 4) is 0 Å². The molecule has 0 aromatic carbocycles. The Kier molecular flexibility index (Phi) is 4.72. The van der Waals surface area contributed by atoms with Crippen molar-refractivity contribution in [2.75, 3.05) is 18.8 Å². The van der Waals surface area contributed by atoms with E-state index in [1.54, 1.807) is 36.4 Å². The largest absolute Gasteiger partial charge is 0.338 e. The van der Waals surface area contributed by atoms with Crippen LogP contribution in [0.2, 0.25) is 0 Å². The predicted octanol–water partition coefficient (Wildman–Crippen LogP) is 0.625. The number of aromatic nitrogens is 1. The lowest BCUT2D eigenvalue weighted by atomic mass is 10.1. The molecule has 0 radical (unpaired) electrons. The van der Waals surface area contributed by atoms with Crippen LogP contribution in [0, 0.1) is 0 Å². The van der Waals surface area contributed by atoms with Crippen LogP contribution >= 0.6 is 0 Å². The molecule has 7 heteroatoms. The minimum atomic E-state index is -3.17. The maximum atomic E-state index is 12.2. The van der Waals surface area contributed by atoms with Gasteiger partial charge in [0, 0.05) is 31.5 Å². The molecule has 1 aromatic heterocycles. The summed E-state index contributed by atoms with van der Waals surface area (Å²) in [6, 6.07) is 3.40. The van der Waals surface area contributed by atoms with Crippen LogP contribution in [-0.2, 0) is 10.0 Å². The number of sulfonamides is 1. The zero-order valence-corrected chi connectivity index (χ0v) is 12.3. The molecule has 0 aliphatic carbocycles. The van der Waals surface area contributed by atoms with Gasteiger partial charge in [-0.15, -0.1) is 0 Å². The Balaban J connectivity index is 1.90. The van der Waals surface area contributed by atoms with E-state index in [1.807, 2.05) is 0 Å². The molecule has 20 heavy (non-hydrogen) atoms. The summed E-state index contributed by atoms with van der Waals surface area (Å²) in [7, 11) is -3.17. The summed E-state index contributed by atoms with van der Waals surface area (Å²) in [4.78, 5) is 17.9. The summed E-state index contributed by atoms with van der Waals surface area (Å²) < 4.78 is 25.7.